The molecule has 0 radical (unpaired) electrons. The standard InChI is InChI=1S/C21H21NO4S/c23-20(22-11-6-12-27-18-8-2-1-3-9-18)15-26-21(24)17-13-16-7-4-5-10-19(16)25-14-17/h1-5,7-10,13H,6,11-12,14-15H2,(H,22,23). The molecule has 0 aliphatic carbocycles. The van der Waals surface area contributed by atoms with Crippen molar-refractivity contribution < 1.29 is 19.1 Å². The zero-order valence-electron chi connectivity index (χ0n) is 14.9. The Morgan fingerprint density at radius 3 is 2.70 bits per heavy atom. The number of ether oxygens (including phenoxy) is 2. The molecule has 1 aliphatic rings. The van der Waals surface area contributed by atoms with E-state index in [1.165, 1.54) is 4.90 Å². The van der Waals surface area contributed by atoms with Crippen LogP contribution < -0.4 is 10.1 Å². The van der Waals surface area contributed by atoms with Crippen LogP contribution in [0.25, 0.3) is 6.08 Å². The van der Waals surface area contributed by atoms with E-state index in [9.17, 15) is 9.59 Å². The van der Waals surface area contributed by atoms with Gasteiger partial charge in [0, 0.05) is 17.0 Å². The number of hydrogen-bond acceptors (Lipinski definition) is 5. The zero-order valence-corrected chi connectivity index (χ0v) is 15.7. The molecule has 1 aliphatic heterocycles. The van der Waals surface area contributed by atoms with Gasteiger partial charge in [-0.3, -0.25) is 4.79 Å². The summed E-state index contributed by atoms with van der Waals surface area (Å²) >= 11 is 1.75. The number of para-hydroxylation sites is 1. The fraction of sp³-hybridized carbons (Fsp3) is 0.238. The molecule has 3 rings (SSSR count). The first-order valence-electron chi connectivity index (χ1n) is 8.76. The predicted octanol–water partition coefficient (Wildman–Crippen LogP) is 3.30. The van der Waals surface area contributed by atoms with E-state index in [1.54, 1.807) is 17.8 Å². The number of fused-ring (bicyclic) bond motifs is 1. The quantitative estimate of drug-likeness (QED) is 0.430. The Labute approximate surface area is 162 Å². The summed E-state index contributed by atoms with van der Waals surface area (Å²) in [4.78, 5) is 25.1. The van der Waals surface area contributed by atoms with Crippen LogP contribution in [0, 0.1) is 0 Å². The zero-order chi connectivity index (χ0) is 18.9. The van der Waals surface area contributed by atoms with Crippen molar-refractivity contribution in [1.29, 1.82) is 0 Å². The Kier molecular flexibility index (Phi) is 6.93. The summed E-state index contributed by atoms with van der Waals surface area (Å²) in [5.41, 5.74) is 1.23. The molecule has 0 saturated carbocycles. The van der Waals surface area contributed by atoms with Crippen LogP contribution in [0.3, 0.4) is 0 Å². The summed E-state index contributed by atoms with van der Waals surface area (Å²) in [6.07, 6.45) is 2.58. The van der Waals surface area contributed by atoms with Gasteiger partial charge in [0.25, 0.3) is 5.91 Å². The molecular weight excluding hydrogens is 362 g/mol. The molecule has 1 amide bonds. The third-order valence-corrected chi connectivity index (χ3v) is 4.98. The first kappa shape index (κ1) is 19.0. The Balaban J connectivity index is 1.33. The highest BCUT2D eigenvalue weighted by molar-refractivity contribution is 7.99. The first-order valence-corrected chi connectivity index (χ1v) is 9.75. The minimum Gasteiger partial charge on any atom is -0.488 e. The third-order valence-electron chi connectivity index (χ3n) is 3.88. The van der Waals surface area contributed by atoms with Crippen LogP contribution in [0.1, 0.15) is 12.0 Å². The second kappa shape index (κ2) is 9.83. The average molecular weight is 383 g/mol. The van der Waals surface area contributed by atoms with Gasteiger partial charge >= 0.3 is 5.97 Å². The highest BCUT2D eigenvalue weighted by Gasteiger charge is 2.18. The predicted molar refractivity (Wildman–Crippen MR) is 106 cm³/mol. The largest absolute Gasteiger partial charge is 0.488 e. The van der Waals surface area contributed by atoms with Gasteiger partial charge in [-0.2, -0.15) is 0 Å². The molecule has 6 heteroatoms. The monoisotopic (exact) mass is 383 g/mol. The molecule has 1 heterocycles. The van der Waals surface area contributed by atoms with Crippen LogP contribution in [0.4, 0.5) is 0 Å². The van der Waals surface area contributed by atoms with E-state index >= 15 is 0 Å². The Hall–Kier alpha value is -2.73. The highest BCUT2D eigenvalue weighted by atomic mass is 32.2. The normalized spacial score (nSPS) is 12.4. The number of amides is 1. The lowest BCUT2D eigenvalue weighted by Crippen LogP contribution is -2.30. The number of rotatable bonds is 8. The molecule has 0 unspecified atom stereocenters. The lowest BCUT2D eigenvalue weighted by molar-refractivity contribution is -0.145. The smallest absolute Gasteiger partial charge is 0.338 e. The number of carbonyl (C=O) groups excluding carboxylic acids is 2. The highest BCUT2D eigenvalue weighted by Crippen LogP contribution is 2.26. The van der Waals surface area contributed by atoms with Gasteiger partial charge < -0.3 is 14.8 Å². The van der Waals surface area contributed by atoms with E-state index in [0.29, 0.717) is 12.1 Å². The molecule has 0 spiro atoms. The van der Waals surface area contributed by atoms with Crippen molar-refractivity contribution in [2.45, 2.75) is 11.3 Å². The summed E-state index contributed by atoms with van der Waals surface area (Å²) in [7, 11) is 0. The van der Waals surface area contributed by atoms with Crippen LogP contribution in [0.5, 0.6) is 5.75 Å². The number of nitrogens with one attached hydrogen (secondary N) is 1. The number of thioether (sulfide) groups is 1. The van der Waals surface area contributed by atoms with Gasteiger partial charge in [0.2, 0.25) is 0 Å². The van der Waals surface area contributed by atoms with Crippen LogP contribution in [-0.2, 0) is 14.3 Å². The fourth-order valence-corrected chi connectivity index (χ4v) is 3.39. The first-order chi connectivity index (χ1) is 13.2. The topological polar surface area (TPSA) is 64.6 Å². The van der Waals surface area contributed by atoms with Crippen LogP contribution in [-0.4, -0.2) is 37.4 Å². The molecular formula is C21H21NO4S. The average Bonchev–Trinajstić information content (AvgIpc) is 2.72. The maximum atomic E-state index is 12.1. The number of carbonyl (C=O) groups is 2. The van der Waals surface area contributed by atoms with E-state index in [1.807, 2.05) is 42.5 Å². The molecule has 0 atom stereocenters. The fourth-order valence-electron chi connectivity index (χ4n) is 2.52. The second-order valence-corrected chi connectivity index (χ2v) is 7.11. The van der Waals surface area contributed by atoms with Crippen LogP contribution in [0.15, 0.2) is 65.1 Å². The lowest BCUT2D eigenvalue weighted by Gasteiger charge is -2.16. The van der Waals surface area contributed by atoms with Crippen LogP contribution >= 0.6 is 11.8 Å². The van der Waals surface area contributed by atoms with Gasteiger partial charge in [-0.25, -0.2) is 4.79 Å². The van der Waals surface area contributed by atoms with Crippen molar-refractivity contribution in [2.24, 2.45) is 0 Å². The minimum absolute atomic E-state index is 0.147. The summed E-state index contributed by atoms with van der Waals surface area (Å²) in [6.45, 7) is 0.410. The van der Waals surface area contributed by atoms with Gasteiger partial charge in [-0.05, 0) is 36.4 Å². The van der Waals surface area contributed by atoms with E-state index in [0.717, 1.165) is 23.5 Å². The van der Waals surface area contributed by atoms with Crippen molar-refractivity contribution in [1.82, 2.24) is 5.32 Å². The Bertz CT molecular complexity index is 820. The van der Waals surface area contributed by atoms with E-state index in [2.05, 4.69) is 17.4 Å². The molecule has 0 saturated heterocycles. The SMILES string of the molecule is O=C(COC(=O)C1=Cc2ccccc2OC1)NCCCSc1ccccc1. The summed E-state index contributed by atoms with van der Waals surface area (Å²) < 4.78 is 10.6. The molecule has 0 fully saturated rings. The van der Waals surface area contributed by atoms with E-state index in [4.69, 9.17) is 9.47 Å². The molecule has 27 heavy (non-hydrogen) atoms. The van der Waals surface area contributed by atoms with Crippen molar-refractivity contribution in [3.8, 4) is 5.75 Å². The minimum atomic E-state index is -0.528. The molecule has 2 aromatic carbocycles. The van der Waals surface area contributed by atoms with Crippen molar-refractivity contribution in [3.05, 3.63) is 65.7 Å². The van der Waals surface area contributed by atoms with Crippen molar-refractivity contribution in [2.75, 3.05) is 25.5 Å². The third kappa shape index (κ3) is 5.89. The van der Waals surface area contributed by atoms with Crippen molar-refractivity contribution in [3.63, 3.8) is 0 Å². The van der Waals surface area contributed by atoms with Gasteiger partial charge in [-0.15, -0.1) is 11.8 Å². The lowest BCUT2D eigenvalue weighted by atomic mass is 10.1. The molecule has 5 nitrogen and oxygen atoms in total. The van der Waals surface area contributed by atoms with Gasteiger partial charge in [0.15, 0.2) is 6.61 Å². The number of esters is 1. The van der Waals surface area contributed by atoms with Gasteiger partial charge in [0.1, 0.15) is 12.4 Å². The summed E-state index contributed by atoms with van der Waals surface area (Å²) in [5, 5.41) is 2.76. The van der Waals surface area contributed by atoms with Crippen molar-refractivity contribution >= 4 is 29.7 Å². The Morgan fingerprint density at radius 2 is 1.85 bits per heavy atom. The maximum absolute atomic E-state index is 12.1. The Morgan fingerprint density at radius 1 is 1.07 bits per heavy atom. The van der Waals surface area contributed by atoms with Gasteiger partial charge in [0.05, 0.1) is 5.57 Å². The number of benzene rings is 2. The molecule has 0 bridgehead atoms. The second-order valence-electron chi connectivity index (χ2n) is 5.94. The molecule has 140 valence electrons. The summed E-state index contributed by atoms with van der Waals surface area (Å²) in [5.74, 6) is 0.818. The number of hydrogen-bond donors (Lipinski definition) is 1. The molecule has 2 aromatic rings. The summed E-state index contributed by atoms with van der Waals surface area (Å²) in [6, 6.07) is 17.6. The van der Waals surface area contributed by atoms with E-state index < -0.39 is 5.97 Å². The van der Waals surface area contributed by atoms with Gasteiger partial charge in [-0.1, -0.05) is 36.4 Å². The maximum Gasteiger partial charge on any atom is 0.338 e. The van der Waals surface area contributed by atoms with Crippen LogP contribution in [0.2, 0.25) is 0 Å². The molecule has 1 N–H and O–H groups in total. The molecule has 0 aromatic heterocycles. The van der Waals surface area contributed by atoms with E-state index in [-0.39, 0.29) is 19.1 Å².